The second-order valence-corrected chi connectivity index (χ2v) is 8.88. The van der Waals surface area contributed by atoms with E-state index in [4.69, 9.17) is 4.74 Å². The Balaban J connectivity index is 1.86. The Hall–Kier alpha value is -1.56. The van der Waals surface area contributed by atoms with Gasteiger partial charge in [0.05, 0.1) is 22.6 Å². The molecule has 22 heavy (non-hydrogen) atoms. The summed E-state index contributed by atoms with van der Waals surface area (Å²) in [6.07, 6.45) is 0.482. The van der Waals surface area contributed by atoms with Crippen LogP contribution in [0, 0.1) is 0 Å². The predicted octanol–water partition coefficient (Wildman–Crippen LogP) is 1.88. The van der Waals surface area contributed by atoms with Crippen LogP contribution in [0.5, 0.6) is 5.75 Å². The van der Waals surface area contributed by atoms with E-state index < -0.39 is 15.4 Å². The van der Waals surface area contributed by atoms with Crippen LogP contribution in [0.4, 0.5) is 0 Å². The second kappa shape index (κ2) is 4.98. The third-order valence-corrected chi connectivity index (χ3v) is 6.61. The monoisotopic (exact) mass is 323 g/mol. The standard InChI is InChI=1S/C16H21NO4S/c1-10-11(2)21-14-12(10)5-4-6-13(14)15(18)17-16(3)7-8-22(19,20)9-16/h4-6,10-11H,7-9H2,1-3H3,(H,17,18)/t10-,11-,16-/m0/s1. The largest absolute Gasteiger partial charge is 0.489 e. The highest BCUT2D eigenvalue weighted by atomic mass is 32.2. The summed E-state index contributed by atoms with van der Waals surface area (Å²) in [5, 5.41) is 2.89. The number of sulfone groups is 1. The Labute approximate surface area is 131 Å². The van der Waals surface area contributed by atoms with Crippen LogP contribution >= 0.6 is 0 Å². The summed E-state index contributed by atoms with van der Waals surface area (Å²) >= 11 is 0. The zero-order valence-electron chi connectivity index (χ0n) is 13.0. The zero-order chi connectivity index (χ0) is 16.1. The first-order chi connectivity index (χ1) is 10.2. The van der Waals surface area contributed by atoms with Gasteiger partial charge >= 0.3 is 0 Å². The number of nitrogens with one attached hydrogen (secondary N) is 1. The number of hydrogen-bond acceptors (Lipinski definition) is 4. The molecule has 0 aromatic heterocycles. The molecule has 1 fully saturated rings. The van der Waals surface area contributed by atoms with Crippen LogP contribution in [-0.2, 0) is 9.84 Å². The van der Waals surface area contributed by atoms with Gasteiger partial charge in [0, 0.05) is 11.5 Å². The van der Waals surface area contributed by atoms with Gasteiger partial charge in [-0.3, -0.25) is 4.79 Å². The van der Waals surface area contributed by atoms with Gasteiger partial charge in [-0.1, -0.05) is 19.1 Å². The molecule has 0 aliphatic carbocycles. The Morgan fingerprint density at radius 1 is 1.36 bits per heavy atom. The number of carbonyl (C=O) groups excluding carboxylic acids is 1. The van der Waals surface area contributed by atoms with Crippen LogP contribution < -0.4 is 10.1 Å². The lowest BCUT2D eigenvalue weighted by Gasteiger charge is -2.24. The first-order valence-corrected chi connectivity index (χ1v) is 9.35. The summed E-state index contributed by atoms with van der Waals surface area (Å²) < 4.78 is 29.2. The van der Waals surface area contributed by atoms with Crippen molar-refractivity contribution in [3.8, 4) is 5.75 Å². The summed E-state index contributed by atoms with van der Waals surface area (Å²) in [6.45, 7) is 5.84. The Bertz CT molecular complexity index is 728. The Morgan fingerprint density at radius 3 is 2.73 bits per heavy atom. The van der Waals surface area contributed by atoms with Crippen LogP contribution in [0.2, 0.25) is 0 Å². The molecular formula is C16H21NO4S. The van der Waals surface area contributed by atoms with Crippen molar-refractivity contribution >= 4 is 15.7 Å². The number of rotatable bonds is 2. The molecular weight excluding hydrogens is 302 g/mol. The van der Waals surface area contributed by atoms with E-state index in [1.54, 1.807) is 13.0 Å². The molecule has 2 aliphatic heterocycles. The quantitative estimate of drug-likeness (QED) is 0.902. The molecule has 2 heterocycles. The molecule has 0 saturated carbocycles. The number of carbonyl (C=O) groups is 1. The van der Waals surface area contributed by atoms with Crippen molar-refractivity contribution in [3.05, 3.63) is 29.3 Å². The third-order valence-electron chi connectivity index (χ3n) is 4.71. The van der Waals surface area contributed by atoms with E-state index in [1.807, 2.05) is 19.1 Å². The molecule has 120 valence electrons. The van der Waals surface area contributed by atoms with E-state index in [-0.39, 0.29) is 29.4 Å². The number of amides is 1. The number of hydrogen-bond donors (Lipinski definition) is 1. The molecule has 0 spiro atoms. The molecule has 1 amide bonds. The number of para-hydroxylation sites is 1. The van der Waals surface area contributed by atoms with Crippen molar-refractivity contribution in [3.63, 3.8) is 0 Å². The highest BCUT2D eigenvalue weighted by Crippen LogP contribution is 2.40. The topological polar surface area (TPSA) is 72.5 Å². The summed E-state index contributed by atoms with van der Waals surface area (Å²) in [5.74, 6) is 0.725. The highest BCUT2D eigenvalue weighted by Gasteiger charge is 2.40. The zero-order valence-corrected chi connectivity index (χ0v) is 13.9. The molecule has 0 radical (unpaired) electrons. The lowest BCUT2D eigenvalue weighted by atomic mass is 9.96. The van der Waals surface area contributed by atoms with Gasteiger partial charge in [-0.25, -0.2) is 8.42 Å². The lowest BCUT2D eigenvalue weighted by Crippen LogP contribution is -2.47. The van der Waals surface area contributed by atoms with Gasteiger partial charge in [-0.05, 0) is 26.3 Å². The molecule has 0 unspecified atom stereocenters. The fraction of sp³-hybridized carbons (Fsp3) is 0.562. The van der Waals surface area contributed by atoms with E-state index in [2.05, 4.69) is 12.2 Å². The van der Waals surface area contributed by atoms with Gasteiger partial charge in [0.15, 0.2) is 9.84 Å². The first kappa shape index (κ1) is 15.3. The molecule has 1 aromatic carbocycles. The molecule has 1 N–H and O–H groups in total. The summed E-state index contributed by atoms with van der Waals surface area (Å²) in [6, 6.07) is 5.55. The molecule has 2 aliphatic rings. The number of fused-ring (bicyclic) bond motifs is 1. The fourth-order valence-electron chi connectivity index (χ4n) is 3.22. The van der Waals surface area contributed by atoms with Gasteiger partial charge in [-0.15, -0.1) is 0 Å². The first-order valence-electron chi connectivity index (χ1n) is 7.53. The van der Waals surface area contributed by atoms with Gasteiger partial charge in [0.1, 0.15) is 11.9 Å². The van der Waals surface area contributed by atoms with Crippen molar-refractivity contribution in [2.45, 2.75) is 44.8 Å². The Kier molecular flexibility index (Phi) is 3.47. The van der Waals surface area contributed by atoms with Crippen LogP contribution in [0.25, 0.3) is 0 Å². The number of ether oxygens (including phenoxy) is 1. The second-order valence-electron chi connectivity index (χ2n) is 6.69. The van der Waals surface area contributed by atoms with Crippen LogP contribution in [-0.4, -0.2) is 37.5 Å². The van der Waals surface area contributed by atoms with E-state index in [9.17, 15) is 13.2 Å². The van der Waals surface area contributed by atoms with Gasteiger partial charge < -0.3 is 10.1 Å². The molecule has 3 rings (SSSR count). The van der Waals surface area contributed by atoms with Crippen molar-refractivity contribution in [2.75, 3.05) is 11.5 Å². The molecule has 3 atom stereocenters. The third kappa shape index (κ3) is 2.60. The minimum Gasteiger partial charge on any atom is -0.489 e. The minimum atomic E-state index is -3.06. The molecule has 0 bridgehead atoms. The smallest absolute Gasteiger partial charge is 0.255 e. The molecule has 5 nitrogen and oxygen atoms in total. The fourth-order valence-corrected chi connectivity index (χ4v) is 5.31. The average molecular weight is 323 g/mol. The van der Waals surface area contributed by atoms with E-state index in [1.165, 1.54) is 0 Å². The van der Waals surface area contributed by atoms with Crippen molar-refractivity contribution in [1.29, 1.82) is 0 Å². The maximum absolute atomic E-state index is 12.6. The van der Waals surface area contributed by atoms with Crippen molar-refractivity contribution in [1.82, 2.24) is 5.32 Å². The molecule has 1 aromatic rings. The summed E-state index contributed by atoms with van der Waals surface area (Å²) in [5.41, 5.74) is 0.817. The Morgan fingerprint density at radius 2 is 2.09 bits per heavy atom. The number of benzene rings is 1. The molecule has 6 heteroatoms. The van der Waals surface area contributed by atoms with E-state index in [0.717, 1.165) is 5.56 Å². The minimum absolute atomic E-state index is 0.00553. The predicted molar refractivity (Wildman–Crippen MR) is 84.1 cm³/mol. The SMILES string of the molecule is C[C@@H]1Oc2c(C(=O)N[C@@]3(C)CCS(=O)(=O)C3)cccc2[C@H]1C. The van der Waals surface area contributed by atoms with E-state index >= 15 is 0 Å². The maximum atomic E-state index is 12.6. The average Bonchev–Trinajstić information content (AvgIpc) is 2.86. The van der Waals surface area contributed by atoms with Crippen molar-refractivity contribution in [2.24, 2.45) is 0 Å². The van der Waals surface area contributed by atoms with Gasteiger partial charge in [0.2, 0.25) is 0 Å². The van der Waals surface area contributed by atoms with E-state index in [0.29, 0.717) is 17.7 Å². The maximum Gasteiger partial charge on any atom is 0.255 e. The van der Waals surface area contributed by atoms with Crippen LogP contribution in [0.3, 0.4) is 0 Å². The van der Waals surface area contributed by atoms with Crippen LogP contribution in [0.15, 0.2) is 18.2 Å². The van der Waals surface area contributed by atoms with Gasteiger partial charge in [0.25, 0.3) is 5.91 Å². The normalized spacial score (nSPS) is 32.3. The summed E-state index contributed by atoms with van der Waals surface area (Å²) in [7, 11) is -3.06. The van der Waals surface area contributed by atoms with Crippen LogP contribution in [0.1, 0.15) is 49.0 Å². The lowest BCUT2D eigenvalue weighted by molar-refractivity contribution is 0.0910. The van der Waals surface area contributed by atoms with Crippen molar-refractivity contribution < 1.29 is 17.9 Å². The molecule has 1 saturated heterocycles. The highest BCUT2D eigenvalue weighted by molar-refractivity contribution is 7.91. The summed E-state index contributed by atoms with van der Waals surface area (Å²) in [4.78, 5) is 12.6. The van der Waals surface area contributed by atoms with Gasteiger partial charge in [-0.2, -0.15) is 0 Å².